The van der Waals surface area contributed by atoms with Crippen molar-refractivity contribution >= 4 is 11.3 Å². The van der Waals surface area contributed by atoms with Gasteiger partial charge in [0.05, 0.1) is 0 Å². The van der Waals surface area contributed by atoms with Gasteiger partial charge in [-0.3, -0.25) is 0 Å². The molecule has 1 saturated carbocycles. The van der Waals surface area contributed by atoms with Gasteiger partial charge in [0.15, 0.2) is 0 Å². The third kappa shape index (κ3) is 1.73. The highest BCUT2D eigenvalue weighted by atomic mass is 32.1. The molecule has 0 spiro atoms. The minimum Gasteiger partial charge on any atom is -0.323 e. The van der Waals surface area contributed by atoms with Crippen molar-refractivity contribution in [2.24, 2.45) is 11.1 Å². The molecule has 2 heteroatoms. The number of thiophene rings is 1. The van der Waals surface area contributed by atoms with E-state index in [1.165, 1.54) is 35.4 Å². The second-order valence-corrected chi connectivity index (χ2v) is 6.11. The van der Waals surface area contributed by atoms with Crippen molar-refractivity contribution < 1.29 is 0 Å². The number of nitrogens with two attached hydrogens (primary N) is 1. The SMILES string of the molecule is Cc1ccc(C(N)C2(C)CCCC2)s1. The average molecular weight is 209 g/mol. The molecule has 0 bridgehead atoms. The third-order valence-corrected chi connectivity index (χ3v) is 4.65. The zero-order chi connectivity index (χ0) is 10.2. The number of hydrogen-bond donors (Lipinski definition) is 1. The summed E-state index contributed by atoms with van der Waals surface area (Å²) >= 11 is 1.86. The Morgan fingerprint density at radius 2 is 2.00 bits per heavy atom. The molecule has 1 aromatic rings. The molecule has 0 amide bonds. The normalized spacial score (nSPS) is 22.5. The zero-order valence-corrected chi connectivity index (χ0v) is 9.86. The van der Waals surface area contributed by atoms with E-state index in [4.69, 9.17) is 5.73 Å². The maximum atomic E-state index is 6.36. The Morgan fingerprint density at radius 1 is 1.36 bits per heavy atom. The van der Waals surface area contributed by atoms with E-state index in [1.807, 2.05) is 11.3 Å². The van der Waals surface area contributed by atoms with Crippen molar-refractivity contribution in [3.63, 3.8) is 0 Å². The van der Waals surface area contributed by atoms with Crippen LogP contribution in [-0.2, 0) is 0 Å². The fraction of sp³-hybridized carbons (Fsp3) is 0.667. The molecule has 2 N–H and O–H groups in total. The van der Waals surface area contributed by atoms with Gasteiger partial charge >= 0.3 is 0 Å². The Hall–Kier alpha value is -0.340. The first kappa shape index (κ1) is 10.2. The van der Waals surface area contributed by atoms with Crippen LogP contribution in [0.25, 0.3) is 0 Å². The van der Waals surface area contributed by atoms with Gasteiger partial charge in [-0.2, -0.15) is 0 Å². The molecule has 1 atom stereocenters. The van der Waals surface area contributed by atoms with Crippen LogP contribution in [0.5, 0.6) is 0 Å². The standard InChI is InChI=1S/C12H19NS/c1-9-5-6-10(14-9)11(13)12(2)7-3-4-8-12/h5-6,11H,3-4,7-8,13H2,1-2H3. The number of aryl methyl sites for hydroxylation is 1. The lowest BCUT2D eigenvalue weighted by molar-refractivity contribution is 0.268. The van der Waals surface area contributed by atoms with Crippen molar-refractivity contribution in [1.82, 2.24) is 0 Å². The summed E-state index contributed by atoms with van der Waals surface area (Å²) in [6.45, 7) is 4.50. The first-order chi connectivity index (χ1) is 6.62. The van der Waals surface area contributed by atoms with Crippen LogP contribution in [0.1, 0.15) is 48.4 Å². The van der Waals surface area contributed by atoms with Crippen LogP contribution < -0.4 is 5.73 Å². The molecule has 1 aliphatic carbocycles. The van der Waals surface area contributed by atoms with Gasteiger partial charge in [-0.25, -0.2) is 0 Å². The molecular formula is C12H19NS. The lowest BCUT2D eigenvalue weighted by Gasteiger charge is -2.30. The van der Waals surface area contributed by atoms with Crippen molar-refractivity contribution in [1.29, 1.82) is 0 Å². The predicted molar refractivity (Wildman–Crippen MR) is 62.6 cm³/mol. The van der Waals surface area contributed by atoms with Gasteiger partial charge in [-0.05, 0) is 37.3 Å². The van der Waals surface area contributed by atoms with E-state index >= 15 is 0 Å². The molecule has 1 fully saturated rings. The van der Waals surface area contributed by atoms with E-state index in [9.17, 15) is 0 Å². The quantitative estimate of drug-likeness (QED) is 0.790. The molecule has 1 nitrogen and oxygen atoms in total. The Morgan fingerprint density at radius 3 is 2.50 bits per heavy atom. The monoisotopic (exact) mass is 209 g/mol. The summed E-state index contributed by atoms with van der Waals surface area (Å²) in [6.07, 6.45) is 5.30. The molecule has 1 aliphatic rings. The van der Waals surface area contributed by atoms with Crippen LogP contribution in [0, 0.1) is 12.3 Å². The van der Waals surface area contributed by atoms with E-state index < -0.39 is 0 Å². The molecule has 0 aliphatic heterocycles. The predicted octanol–water partition coefficient (Wildman–Crippen LogP) is 3.64. The molecule has 0 aromatic carbocycles. The van der Waals surface area contributed by atoms with Crippen molar-refractivity contribution in [3.05, 3.63) is 21.9 Å². The molecule has 14 heavy (non-hydrogen) atoms. The summed E-state index contributed by atoms with van der Waals surface area (Å²) in [6, 6.07) is 4.63. The fourth-order valence-electron chi connectivity index (χ4n) is 2.46. The molecule has 0 saturated heterocycles. The van der Waals surface area contributed by atoms with Crippen LogP contribution in [0.15, 0.2) is 12.1 Å². The van der Waals surface area contributed by atoms with Crippen molar-refractivity contribution in [2.75, 3.05) is 0 Å². The van der Waals surface area contributed by atoms with Crippen LogP contribution in [0.4, 0.5) is 0 Å². The highest BCUT2D eigenvalue weighted by Crippen LogP contribution is 2.47. The molecule has 2 rings (SSSR count). The fourth-order valence-corrected chi connectivity index (χ4v) is 3.51. The summed E-state index contributed by atoms with van der Waals surface area (Å²) in [5, 5.41) is 0. The average Bonchev–Trinajstić information content (AvgIpc) is 2.74. The van der Waals surface area contributed by atoms with Gasteiger partial charge in [0, 0.05) is 15.8 Å². The van der Waals surface area contributed by atoms with E-state index in [0.717, 1.165) is 0 Å². The van der Waals surface area contributed by atoms with Gasteiger partial charge in [0.25, 0.3) is 0 Å². The zero-order valence-electron chi connectivity index (χ0n) is 9.05. The van der Waals surface area contributed by atoms with Crippen LogP contribution >= 0.6 is 11.3 Å². The van der Waals surface area contributed by atoms with Crippen LogP contribution in [0.3, 0.4) is 0 Å². The first-order valence-electron chi connectivity index (χ1n) is 5.44. The summed E-state index contributed by atoms with van der Waals surface area (Å²) in [4.78, 5) is 2.74. The van der Waals surface area contributed by atoms with Gasteiger partial charge < -0.3 is 5.73 Å². The maximum absolute atomic E-state index is 6.36. The topological polar surface area (TPSA) is 26.0 Å². The van der Waals surface area contributed by atoms with Crippen LogP contribution in [0.2, 0.25) is 0 Å². The number of rotatable bonds is 2. The van der Waals surface area contributed by atoms with Crippen LogP contribution in [-0.4, -0.2) is 0 Å². The summed E-state index contributed by atoms with van der Waals surface area (Å²) in [5.74, 6) is 0. The summed E-state index contributed by atoms with van der Waals surface area (Å²) < 4.78 is 0. The van der Waals surface area contributed by atoms with Gasteiger partial charge in [0.2, 0.25) is 0 Å². The highest BCUT2D eigenvalue weighted by molar-refractivity contribution is 7.12. The van der Waals surface area contributed by atoms with E-state index in [1.54, 1.807) is 0 Å². The summed E-state index contributed by atoms with van der Waals surface area (Å²) in [5.41, 5.74) is 6.72. The summed E-state index contributed by atoms with van der Waals surface area (Å²) in [7, 11) is 0. The lowest BCUT2D eigenvalue weighted by Crippen LogP contribution is -2.28. The van der Waals surface area contributed by atoms with E-state index in [2.05, 4.69) is 26.0 Å². The lowest BCUT2D eigenvalue weighted by atomic mass is 9.80. The van der Waals surface area contributed by atoms with Gasteiger partial charge in [-0.1, -0.05) is 19.8 Å². The minimum atomic E-state index is 0.253. The minimum absolute atomic E-state index is 0.253. The van der Waals surface area contributed by atoms with Crippen molar-refractivity contribution in [3.8, 4) is 0 Å². The molecule has 78 valence electrons. The molecular weight excluding hydrogens is 190 g/mol. The second-order valence-electron chi connectivity index (χ2n) is 4.79. The Kier molecular flexibility index (Phi) is 2.67. The maximum Gasteiger partial charge on any atom is 0.0444 e. The Labute approximate surface area is 90.3 Å². The Bertz CT molecular complexity index is 310. The second kappa shape index (κ2) is 3.67. The molecule has 1 unspecified atom stereocenters. The smallest absolute Gasteiger partial charge is 0.0444 e. The molecule has 1 heterocycles. The third-order valence-electron chi connectivity index (χ3n) is 3.56. The van der Waals surface area contributed by atoms with E-state index in [0.29, 0.717) is 5.41 Å². The molecule has 0 radical (unpaired) electrons. The van der Waals surface area contributed by atoms with Crippen molar-refractivity contribution in [2.45, 2.75) is 45.6 Å². The first-order valence-corrected chi connectivity index (χ1v) is 6.25. The largest absolute Gasteiger partial charge is 0.323 e. The van der Waals surface area contributed by atoms with E-state index in [-0.39, 0.29) is 6.04 Å². The van der Waals surface area contributed by atoms with Gasteiger partial charge in [-0.15, -0.1) is 11.3 Å². The van der Waals surface area contributed by atoms with Gasteiger partial charge in [0.1, 0.15) is 0 Å². The Balaban J connectivity index is 2.18. The highest BCUT2D eigenvalue weighted by Gasteiger charge is 2.36. The number of hydrogen-bond acceptors (Lipinski definition) is 2. The molecule has 1 aromatic heterocycles.